The summed E-state index contributed by atoms with van der Waals surface area (Å²) in [6.07, 6.45) is 2.23. The molecule has 19 heavy (non-hydrogen) atoms. The zero-order valence-electron chi connectivity index (χ0n) is 10.2. The van der Waals surface area contributed by atoms with E-state index in [1.165, 1.54) is 24.4 Å². The molecule has 1 amide bonds. The van der Waals surface area contributed by atoms with Crippen LogP contribution in [-0.4, -0.2) is 10.9 Å². The molecule has 0 spiro atoms. The molecule has 0 bridgehead atoms. The molecule has 0 radical (unpaired) electrons. The maximum Gasteiger partial charge on any atom is 0.271 e. The lowest BCUT2D eigenvalue weighted by Gasteiger charge is -2.04. The summed E-state index contributed by atoms with van der Waals surface area (Å²) in [7, 11) is 0. The van der Waals surface area contributed by atoms with Gasteiger partial charge >= 0.3 is 0 Å². The first-order valence-corrected chi connectivity index (χ1v) is 5.87. The minimum absolute atomic E-state index is 0.228. The molecule has 0 atom stereocenters. The summed E-state index contributed by atoms with van der Waals surface area (Å²) in [5, 5.41) is 2.54. The lowest BCUT2D eigenvalue weighted by Crippen LogP contribution is -2.19. The Bertz CT molecular complexity index is 620. The Morgan fingerprint density at radius 2 is 1.95 bits per heavy atom. The van der Waals surface area contributed by atoms with Crippen molar-refractivity contribution in [1.82, 2.24) is 4.98 Å². The topological polar surface area (TPSA) is 62.0 Å². The molecule has 98 valence electrons. The number of carbonyl (C=O) groups is 1. The highest BCUT2D eigenvalue weighted by molar-refractivity contribution is 5.90. The largest absolute Gasteiger partial charge is 0.327 e. The van der Waals surface area contributed by atoms with Crippen molar-refractivity contribution in [3.63, 3.8) is 0 Å². The van der Waals surface area contributed by atoms with Gasteiger partial charge in [0, 0.05) is 12.6 Å². The van der Waals surface area contributed by atoms with Gasteiger partial charge in [0.15, 0.2) is 0 Å². The molecular formula is C14H13FN2O2. The molecule has 1 heterocycles. The third-order valence-corrected chi connectivity index (χ3v) is 2.65. The maximum absolute atomic E-state index is 12.7. The first-order chi connectivity index (χ1) is 9.15. The highest BCUT2D eigenvalue weighted by Crippen LogP contribution is 2.06. The number of nitrogens with one attached hydrogen (secondary N) is 2. The monoisotopic (exact) mass is 260 g/mol. The smallest absolute Gasteiger partial charge is 0.271 e. The van der Waals surface area contributed by atoms with Crippen molar-refractivity contribution < 1.29 is 9.18 Å². The molecule has 0 fully saturated rings. The SMILES string of the molecule is O=C(CCc1ccc(F)cc1)Nc1ccc[nH]c1=O. The Morgan fingerprint density at radius 1 is 1.21 bits per heavy atom. The first-order valence-electron chi connectivity index (χ1n) is 5.87. The van der Waals surface area contributed by atoms with Gasteiger partial charge in [0.25, 0.3) is 5.56 Å². The Kier molecular flexibility index (Phi) is 4.07. The minimum Gasteiger partial charge on any atom is -0.327 e. The van der Waals surface area contributed by atoms with E-state index in [0.29, 0.717) is 6.42 Å². The second-order valence-electron chi connectivity index (χ2n) is 4.09. The Hall–Kier alpha value is -2.43. The summed E-state index contributed by atoms with van der Waals surface area (Å²) in [5.74, 6) is -0.551. The van der Waals surface area contributed by atoms with Crippen LogP contribution in [0.4, 0.5) is 10.1 Å². The van der Waals surface area contributed by atoms with E-state index in [0.717, 1.165) is 5.56 Å². The zero-order chi connectivity index (χ0) is 13.7. The van der Waals surface area contributed by atoms with E-state index in [-0.39, 0.29) is 29.4 Å². The fraction of sp³-hybridized carbons (Fsp3) is 0.143. The molecule has 2 rings (SSSR count). The quantitative estimate of drug-likeness (QED) is 0.884. The number of amides is 1. The van der Waals surface area contributed by atoms with Gasteiger partial charge in [-0.2, -0.15) is 0 Å². The van der Waals surface area contributed by atoms with Gasteiger partial charge in [0.1, 0.15) is 11.5 Å². The van der Waals surface area contributed by atoms with Gasteiger partial charge < -0.3 is 10.3 Å². The van der Waals surface area contributed by atoms with Gasteiger partial charge in [-0.15, -0.1) is 0 Å². The fourth-order valence-corrected chi connectivity index (χ4v) is 1.64. The average Bonchev–Trinajstić information content (AvgIpc) is 2.41. The molecule has 0 unspecified atom stereocenters. The van der Waals surface area contributed by atoms with Gasteiger partial charge in [-0.25, -0.2) is 4.39 Å². The number of hydrogen-bond acceptors (Lipinski definition) is 2. The summed E-state index contributed by atoms with van der Waals surface area (Å²) in [6.45, 7) is 0. The highest BCUT2D eigenvalue weighted by Gasteiger charge is 2.05. The number of aromatic nitrogens is 1. The Morgan fingerprint density at radius 3 is 2.63 bits per heavy atom. The van der Waals surface area contributed by atoms with Crippen LogP contribution >= 0.6 is 0 Å². The predicted molar refractivity (Wildman–Crippen MR) is 70.4 cm³/mol. The molecule has 5 heteroatoms. The van der Waals surface area contributed by atoms with Crippen LogP contribution in [0.25, 0.3) is 0 Å². The van der Waals surface area contributed by atoms with Crippen molar-refractivity contribution in [3.05, 3.63) is 64.3 Å². The van der Waals surface area contributed by atoms with Crippen molar-refractivity contribution in [2.24, 2.45) is 0 Å². The van der Waals surface area contributed by atoms with Gasteiger partial charge in [0.05, 0.1) is 0 Å². The standard InChI is InChI=1S/C14H13FN2O2/c15-11-6-3-10(4-7-11)5-8-13(18)17-12-2-1-9-16-14(12)19/h1-4,6-7,9H,5,8H2,(H,16,19)(H,17,18). The third kappa shape index (κ3) is 3.77. The van der Waals surface area contributed by atoms with E-state index in [4.69, 9.17) is 0 Å². The molecule has 1 aromatic carbocycles. The number of benzene rings is 1. The molecule has 0 saturated heterocycles. The summed E-state index contributed by atoms with van der Waals surface area (Å²) in [5.41, 5.74) is 0.766. The first kappa shape index (κ1) is 13.0. The fourth-order valence-electron chi connectivity index (χ4n) is 1.64. The minimum atomic E-state index is -0.336. The van der Waals surface area contributed by atoms with E-state index < -0.39 is 0 Å². The number of anilines is 1. The van der Waals surface area contributed by atoms with Crippen LogP contribution in [0.3, 0.4) is 0 Å². The number of hydrogen-bond donors (Lipinski definition) is 2. The van der Waals surface area contributed by atoms with Crippen molar-refractivity contribution in [2.75, 3.05) is 5.32 Å². The van der Waals surface area contributed by atoms with E-state index >= 15 is 0 Å². The molecular weight excluding hydrogens is 247 g/mol. The molecule has 2 aromatic rings. The van der Waals surface area contributed by atoms with E-state index in [2.05, 4.69) is 10.3 Å². The second kappa shape index (κ2) is 5.95. The zero-order valence-corrected chi connectivity index (χ0v) is 10.2. The molecule has 0 aliphatic carbocycles. The van der Waals surface area contributed by atoms with Gasteiger partial charge in [-0.1, -0.05) is 12.1 Å². The molecule has 1 aromatic heterocycles. The van der Waals surface area contributed by atoms with E-state index in [1.807, 2.05) is 0 Å². The number of carbonyl (C=O) groups excluding carboxylic acids is 1. The second-order valence-corrected chi connectivity index (χ2v) is 4.09. The maximum atomic E-state index is 12.7. The molecule has 4 nitrogen and oxygen atoms in total. The number of aromatic amines is 1. The van der Waals surface area contributed by atoms with Crippen LogP contribution in [0, 0.1) is 5.82 Å². The molecule has 0 aliphatic rings. The van der Waals surface area contributed by atoms with Crippen LogP contribution in [0.2, 0.25) is 0 Å². The number of rotatable bonds is 4. The number of aryl methyl sites for hydroxylation is 1. The van der Waals surface area contributed by atoms with Crippen LogP contribution in [0.15, 0.2) is 47.4 Å². The summed E-state index contributed by atoms with van der Waals surface area (Å²) >= 11 is 0. The van der Waals surface area contributed by atoms with Gasteiger partial charge in [-0.3, -0.25) is 9.59 Å². The lowest BCUT2D eigenvalue weighted by molar-refractivity contribution is -0.116. The number of H-pyrrole nitrogens is 1. The van der Waals surface area contributed by atoms with Crippen LogP contribution in [0.5, 0.6) is 0 Å². The van der Waals surface area contributed by atoms with Crippen molar-refractivity contribution in [1.29, 1.82) is 0 Å². The normalized spacial score (nSPS) is 10.2. The predicted octanol–water partition coefficient (Wildman–Crippen LogP) is 2.09. The van der Waals surface area contributed by atoms with E-state index in [1.54, 1.807) is 18.2 Å². The van der Waals surface area contributed by atoms with Gasteiger partial charge in [-0.05, 0) is 36.2 Å². The van der Waals surface area contributed by atoms with E-state index in [9.17, 15) is 14.0 Å². The molecule has 0 aliphatic heterocycles. The summed E-state index contributed by atoms with van der Waals surface area (Å²) in [4.78, 5) is 25.5. The summed E-state index contributed by atoms with van der Waals surface area (Å²) in [6, 6.07) is 9.16. The lowest BCUT2D eigenvalue weighted by atomic mass is 10.1. The molecule has 0 saturated carbocycles. The van der Waals surface area contributed by atoms with Crippen LogP contribution in [0.1, 0.15) is 12.0 Å². The summed E-state index contributed by atoms with van der Waals surface area (Å²) < 4.78 is 12.7. The highest BCUT2D eigenvalue weighted by atomic mass is 19.1. The average molecular weight is 260 g/mol. The van der Waals surface area contributed by atoms with Crippen LogP contribution < -0.4 is 10.9 Å². The Labute approximate surface area is 109 Å². The van der Waals surface area contributed by atoms with Crippen molar-refractivity contribution in [3.8, 4) is 0 Å². The van der Waals surface area contributed by atoms with Gasteiger partial charge in [0.2, 0.25) is 5.91 Å². The van der Waals surface area contributed by atoms with Crippen LogP contribution in [-0.2, 0) is 11.2 Å². The van der Waals surface area contributed by atoms with Crippen molar-refractivity contribution >= 4 is 11.6 Å². The third-order valence-electron chi connectivity index (χ3n) is 2.65. The number of halogens is 1. The van der Waals surface area contributed by atoms with Crippen molar-refractivity contribution in [2.45, 2.75) is 12.8 Å². The Balaban J connectivity index is 1.90. The number of pyridine rings is 1. The molecule has 2 N–H and O–H groups in total.